The molecule has 0 saturated heterocycles. The van der Waals surface area contributed by atoms with E-state index < -0.39 is 56.9 Å². The first-order valence-electron chi connectivity index (χ1n) is 15.7. The second kappa shape index (κ2) is 16.5. The zero-order valence-corrected chi connectivity index (χ0v) is 30.1. The second-order valence-electron chi connectivity index (χ2n) is 14.3. The lowest BCUT2D eigenvalue weighted by Crippen LogP contribution is -2.46. The summed E-state index contributed by atoms with van der Waals surface area (Å²) in [4.78, 5) is 39.0. The second-order valence-corrected chi connectivity index (χ2v) is 15.9. The molecule has 12 heteroatoms. The molecule has 0 fully saturated rings. The highest BCUT2D eigenvalue weighted by Crippen LogP contribution is 2.24. The maximum absolute atomic E-state index is 13.3. The van der Waals surface area contributed by atoms with E-state index in [4.69, 9.17) is 23.1 Å². The molecule has 0 aliphatic rings. The van der Waals surface area contributed by atoms with Crippen LogP contribution < -0.4 is 10.1 Å². The smallest absolute Gasteiger partial charge is 0.408 e. The van der Waals surface area contributed by atoms with Gasteiger partial charge in [0.2, 0.25) is 0 Å². The number of aryl methyl sites for hydroxylation is 1. The molecule has 2 rings (SSSR count). The molecule has 2 atom stereocenters. The minimum atomic E-state index is -3.90. The molecule has 2 aromatic carbocycles. The third-order valence-electron chi connectivity index (χ3n) is 6.23. The van der Waals surface area contributed by atoms with E-state index in [1.54, 1.807) is 98.7 Å². The van der Waals surface area contributed by atoms with Crippen LogP contribution in [0.3, 0.4) is 0 Å². The molecule has 47 heavy (non-hydrogen) atoms. The maximum atomic E-state index is 13.3. The molecule has 0 bridgehead atoms. The maximum Gasteiger partial charge on any atom is 0.408 e. The van der Waals surface area contributed by atoms with Gasteiger partial charge in [-0.05, 0) is 118 Å². The molecule has 0 heterocycles. The van der Waals surface area contributed by atoms with Crippen LogP contribution in [0.1, 0.15) is 86.3 Å². The van der Waals surface area contributed by atoms with E-state index in [-0.39, 0.29) is 31.0 Å². The zero-order chi connectivity index (χ0) is 35.6. The molecule has 1 amide bonds. The van der Waals surface area contributed by atoms with E-state index in [0.717, 1.165) is 11.1 Å². The first kappa shape index (κ1) is 39.5. The van der Waals surface area contributed by atoms with Gasteiger partial charge in [0, 0.05) is 0 Å². The Labute approximate surface area is 279 Å². The van der Waals surface area contributed by atoms with Crippen LogP contribution in [-0.4, -0.2) is 62.5 Å². The number of benzene rings is 2. The van der Waals surface area contributed by atoms with E-state index in [9.17, 15) is 22.8 Å². The third-order valence-corrected chi connectivity index (χ3v) is 7.56. The van der Waals surface area contributed by atoms with E-state index in [0.29, 0.717) is 12.2 Å². The van der Waals surface area contributed by atoms with Gasteiger partial charge >= 0.3 is 18.0 Å². The van der Waals surface area contributed by atoms with E-state index in [1.807, 2.05) is 6.92 Å². The average Bonchev–Trinajstić information content (AvgIpc) is 2.90. The van der Waals surface area contributed by atoms with Gasteiger partial charge in [-0.25, -0.2) is 9.59 Å². The summed E-state index contributed by atoms with van der Waals surface area (Å²) >= 11 is 0. The van der Waals surface area contributed by atoms with E-state index in [2.05, 4.69) is 5.32 Å². The van der Waals surface area contributed by atoms with Crippen molar-refractivity contribution in [2.75, 3.05) is 13.2 Å². The lowest BCUT2D eigenvalue weighted by molar-refractivity contribution is -0.162. The highest BCUT2D eigenvalue weighted by Gasteiger charge is 2.32. The standard InChI is InChI=1S/C35H51NO10S/c1-24-11-18-28(19-12-24)47(40,41)43-22-21-42-27-16-13-25(14-17-27)23-26(30(37)44-33(2,3)4)15-20-29(31(38)45-34(5,6)7)36-32(39)46-35(8,9)10/h11-14,16-19,26,29H,15,20-23H2,1-10H3,(H,36,39). The topological polar surface area (TPSA) is 144 Å². The number of carbonyl (C=O) groups excluding carboxylic acids is 3. The average molecular weight is 678 g/mol. The van der Waals surface area contributed by atoms with Gasteiger partial charge < -0.3 is 24.3 Å². The van der Waals surface area contributed by atoms with Crippen LogP contribution >= 0.6 is 0 Å². The van der Waals surface area contributed by atoms with Crippen LogP contribution in [0.5, 0.6) is 5.75 Å². The molecule has 262 valence electrons. The summed E-state index contributed by atoms with van der Waals surface area (Å²) in [5.74, 6) is -1.23. The number of rotatable bonds is 14. The molecule has 1 N–H and O–H groups in total. The van der Waals surface area contributed by atoms with Crippen molar-refractivity contribution in [3.05, 3.63) is 59.7 Å². The van der Waals surface area contributed by atoms with Crippen molar-refractivity contribution in [2.45, 2.75) is 116 Å². The quantitative estimate of drug-likeness (QED) is 0.105. The van der Waals surface area contributed by atoms with E-state index >= 15 is 0 Å². The molecule has 0 aliphatic heterocycles. The van der Waals surface area contributed by atoms with Crippen LogP contribution in [-0.2, 0) is 44.5 Å². The summed E-state index contributed by atoms with van der Waals surface area (Å²) in [5, 5.41) is 2.60. The van der Waals surface area contributed by atoms with Crippen molar-refractivity contribution in [3.63, 3.8) is 0 Å². The van der Waals surface area contributed by atoms with Crippen molar-refractivity contribution in [3.8, 4) is 5.75 Å². The van der Waals surface area contributed by atoms with E-state index in [1.165, 1.54) is 12.1 Å². The van der Waals surface area contributed by atoms with Crippen LogP contribution in [0.25, 0.3) is 0 Å². The van der Waals surface area contributed by atoms with Gasteiger partial charge in [0.05, 0.1) is 10.8 Å². The normalized spacial score (nSPS) is 13.7. The largest absolute Gasteiger partial charge is 0.491 e. The number of carbonyl (C=O) groups is 3. The molecule has 2 aromatic rings. The van der Waals surface area contributed by atoms with Crippen LogP contribution in [0, 0.1) is 12.8 Å². The molecule has 0 spiro atoms. The molecular weight excluding hydrogens is 626 g/mol. The number of alkyl carbamates (subject to hydrolysis) is 1. The summed E-state index contributed by atoms with van der Waals surface area (Å²) in [6, 6.07) is 12.3. The van der Waals surface area contributed by atoms with Crippen LogP contribution in [0.15, 0.2) is 53.4 Å². The monoisotopic (exact) mass is 677 g/mol. The van der Waals surface area contributed by atoms with Crippen molar-refractivity contribution in [2.24, 2.45) is 5.92 Å². The number of amides is 1. The summed E-state index contributed by atoms with van der Waals surface area (Å²) in [6.45, 7) is 17.4. The fourth-order valence-electron chi connectivity index (χ4n) is 4.21. The van der Waals surface area contributed by atoms with Gasteiger partial charge in [-0.2, -0.15) is 8.42 Å². The van der Waals surface area contributed by atoms with Gasteiger partial charge in [0.25, 0.3) is 10.1 Å². The predicted octanol–water partition coefficient (Wildman–Crippen LogP) is 6.29. The van der Waals surface area contributed by atoms with Gasteiger partial charge in [0.15, 0.2) is 0 Å². The lowest BCUT2D eigenvalue weighted by Gasteiger charge is -2.28. The van der Waals surface area contributed by atoms with Crippen molar-refractivity contribution in [1.82, 2.24) is 5.32 Å². The SMILES string of the molecule is Cc1ccc(S(=O)(=O)OCCOc2ccc(CC(CCC(NC(=O)OC(C)(C)C)C(=O)OC(C)(C)C)C(=O)OC(C)(C)C)cc2)cc1. The van der Waals surface area contributed by atoms with Gasteiger partial charge in [-0.1, -0.05) is 29.8 Å². The highest BCUT2D eigenvalue weighted by atomic mass is 32.2. The Hall–Kier alpha value is -3.64. The van der Waals surface area contributed by atoms with Crippen LogP contribution in [0.2, 0.25) is 0 Å². The Morgan fingerprint density at radius 2 is 1.23 bits per heavy atom. The first-order chi connectivity index (χ1) is 21.5. The molecular formula is C35H51NO10S. The molecule has 2 unspecified atom stereocenters. The Morgan fingerprint density at radius 1 is 0.702 bits per heavy atom. The van der Waals surface area contributed by atoms with Gasteiger partial charge in [0.1, 0.15) is 41.8 Å². The number of hydrogen-bond donors (Lipinski definition) is 1. The van der Waals surface area contributed by atoms with Gasteiger partial charge in [-0.15, -0.1) is 0 Å². The molecule has 0 saturated carbocycles. The highest BCUT2D eigenvalue weighted by molar-refractivity contribution is 7.86. The molecule has 0 radical (unpaired) electrons. The summed E-state index contributed by atoms with van der Waals surface area (Å²) < 4.78 is 52.1. The van der Waals surface area contributed by atoms with Crippen LogP contribution in [0.4, 0.5) is 4.79 Å². The number of hydrogen-bond acceptors (Lipinski definition) is 10. The molecule has 0 aromatic heterocycles. The number of ether oxygens (including phenoxy) is 4. The Bertz CT molecular complexity index is 1430. The lowest BCUT2D eigenvalue weighted by atomic mass is 9.92. The molecule has 0 aliphatic carbocycles. The third kappa shape index (κ3) is 15.7. The predicted molar refractivity (Wildman–Crippen MR) is 178 cm³/mol. The fraction of sp³-hybridized carbons (Fsp3) is 0.571. The number of nitrogens with one attached hydrogen (secondary N) is 1. The number of esters is 2. The van der Waals surface area contributed by atoms with Crippen molar-refractivity contribution in [1.29, 1.82) is 0 Å². The fourth-order valence-corrected chi connectivity index (χ4v) is 5.10. The summed E-state index contributed by atoms with van der Waals surface area (Å²) in [6.07, 6.45) is -0.165. The van der Waals surface area contributed by atoms with Gasteiger partial charge in [-0.3, -0.25) is 8.98 Å². The van der Waals surface area contributed by atoms with Crippen molar-refractivity contribution < 1.29 is 45.9 Å². The molecule has 11 nitrogen and oxygen atoms in total. The Morgan fingerprint density at radius 3 is 1.77 bits per heavy atom. The van der Waals surface area contributed by atoms with Crippen molar-refractivity contribution >= 4 is 28.1 Å². The Balaban J connectivity index is 2.09. The Kier molecular flexibility index (Phi) is 13.8. The minimum Gasteiger partial charge on any atom is -0.491 e. The summed E-state index contributed by atoms with van der Waals surface area (Å²) in [7, 11) is -3.90. The zero-order valence-electron chi connectivity index (χ0n) is 29.3. The minimum absolute atomic E-state index is 0.00166. The summed E-state index contributed by atoms with van der Waals surface area (Å²) in [5.41, 5.74) is -0.556. The first-order valence-corrected chi connectivity index (χ1v) is 17.1.